The van der Waals surface area contributed by atoms with E-state index < -0.39 is 0 Å². The molecule has 0 saturated heterocycles. The van der Waals surface area contributed by atoms with Crippen molar-refractivity contribution in [2.45, 2.75) is 0 Å². The fraction of sp³-hybridized carbons (Fsp3) is 0.111. The molecule has 0 aliphatic rings. The van der Waals surface area contributed by atoms with Crippen LogP contribution in [0.25, 0.3) is 11.3 Å². The van der Waals surface area contributed by atoms with Gasteiger partial charge in [-0.3, -0.25) is 4.98 Å². The maximum Gasteiger partial charge on any atom is 0.182 e. The van der Waals surface area contributed by atoms with Crippen molar-refractivity contribution < 1.29 is 0 Å². The Hall–Kier alpha value is -1.42. The second-order valence-corrected chi connectivity index (χ2v) is 3.38. The molecule has 0 unspecified atom stereocenters. The van der Waals surface area contributed by atoms with Crippen molar-refractivity contribution in [3.8, 4) is 11.3 Å². The van der Waals surface area contributed by atoms with Crippen LogP contribution in [0.4, 0.5) is 5.13 Å². The van der Waals surface area contributed by atoms with Crippen LogP contribution in [0.3, 0.4) is 0 Å². The Bertz CT molecular complexity index is 383. The SMILES string of the molecule is CNc1nc(-c2ccncc2)cs1. The lowest BCUT2D eigenvalue weighted by molar-refractivity contribution is 1.31. The summed E-state index contributed by atoms with van der Waals surface area (Å²) in [4.78, 5) is 8.34. The van der Waals surface area contributed by atoms with Crippen molar-refractivity contribution in [2.75, 3.05) is 12.4 Å². The molecular formula is C9H9N3S. The minimum Gasteiger partial charge on any atom is -0.365 e. The van der Waals surface area contributed by atoms with Crippen LogP contribution in [0, 0.1) is 0 Å². The first-order valence-electron chi connectivity index (χ1n) is 3.94. The molecule has 2 heterocycles. The van der Waals surface area contributed by atoms with Gasteiger partial charge in [0, 0.05) is 30.4 Å². The molecule has 1 N–H and O–H groups in total. The Kier molecular flexibility index (Phi) is 2.23. The van der Waals surface area contributed by atoms with E-state index in [1.165, 1.54) is 0 Å². The van der Waals surface area contributed by atoms with Crippen molar-refractivity contribution in [2.24, 2.45) is 0 Å². The molecule has 0 bridgehead atoms. The van der Waals surface area contributed by atoms with Crippen molar-refractivity contribution in [3.63, 3.8) is 0 Å². The standard InChI is InChI=1S/C9H9N3S/c1-10-9-12-8(6-13-9)7-2-4-11-5-3-7/h2-6H,1H3,(H,10,12). The minimum atomic E-state index is 0.937. The van der Waals surface area contributed by atoms with E-state index in [0.717, 1.165) is 16.4 Å². The summed E-state index contributed by atoms with van der Waals surface area (Å²) in [5, 5.41) is 5.97. The Morgan fingerprint density at radius 2 is 2.08 bits per heavy atom. The van der Waals surface area contributed by atoms with Gasteiger partial charge in [0.15, 0.2) is 5.13 Å². The van der Waals surface area contributed by atoms with E-state index in [4.69, 9.17) is 0 Å². The number of hydrogen-bond donors (Lipinski definition) is 1. The molecule has 0 saturated carbocycles. The minimum absolute atomic E-state index is 0.937. The zero-order chi connectivity index (χ0) is 9.10. The Balaban J connectivity index is 2.36. The van der Waals surface area contributed by atoms with Gasteiger partial charge in [0.2, 0.25) is 0 Å². The maximum absolute atomic E-state index is 4.38. The summed E-state index contributed by atoms with van der Waals surface area (Å²) in [5.74, 6) is 0. The number of hydrogen-bond acceptors (Lipinski definition) is 4. The van der Waals surface area contributed by atoms with Crippen LogP contribution < -0.4 is 5.32 Å². The summed E-state index contributed by atoms with van der Waals surface area (Å²) in [6.07, 6.45) is 3.54. The van der Waals surface area contributed by atoms with Crippen LogP contribution in [0.2, 0.25) is 0 Å². The number of nitrogens with one attached hydrogen (secondary N) is 1. The molecule has 0 amide bonds. The highest BCUT2D eigenvalue weighted by atomic mass is 32.1. The fourth-order valence-corrected chi connectivity index (χ4v) is 1.72. The molecule has 0 aromatic carbocycles. The van der Waals surface area contributed by atoms with Crippen LogP contribution >= 0.6 is 11.3 Å². The molecule has 0 atom stereocenters. The zero-order valence-electron chi connectivity index (χ0n) is 7.19. The van der Waals surface area contributed by atoms with E-state index in [1.54, 1.807) is 23.7 Å². The van der Waals surface area contributed by atoms with Gasteiger partial charge in [-0.05, 0) is 12.1 Å². The Labute approximate surface area is 80.5 Å². The summed E-state index contributed by atoms with van der Waals surface area (Å²) in [6.45, 7) is 0. The van der Waals surface area contributed by atoms with Crippen LogP contribution in [0.5, 0.6) is 0 Å². The molecular weight excluding hydrogens is 182 g/mol. The van der Waals surface area contributed by atoms with Crippen molar-refractivity contribution in [1.82, 2.24) is 9.97 Å². The van der Waals surface area contributed by atoms with Gasteiger partial charge in [-0.15, -0.1) is 11.3 Å². The topological polar surface area (TPSA) is 37.8 Å². The zero-order valence-corrected chi connectivity index (χ0v) is 8.01. The predicted molar refractivity (Wildman–Crippen MR) is 54.9 cm³/mol. The monoisotopic (exact) mass is 191 g/mol. The summed E-state index contributed by atoms with van der Waals surface area (Å²) >= 11 is 1.60. The smallest absolute Gasteiger partial charge is 0.182 e. The van der Waals surface area contributed by atoms with Crippen molar-refractivity contribution >= 4 is 16.5 Å². The fourth-order valence-electron chi connectivity index (χ4n) is 1.04. The average molecular weight is 191 g/mol. The van der Waals surface area contributed by atoms with Gasteiger partial charge in [-0.1, -0.05) is 0 Å². The number of rotatable bonds is 2. The second-order valence-electron chi connectivity index (χ2n) is 2.52. The Morgan fingerprint density at radius 3 is 2.69 bits per heavy atom. The molecule has 13 heavy (non-hydrogen) atoms. The van der Waals surface area contributed by atoms with Crippen LogP contribution in [-0.4, -0.2) is 17.0 Å². The lowest BCUT2D eigenvalue weighted by atomic mass is 10.2. The first kappa shape index (κ1) is 8.19. The third-order valence-corrected chi connectivity index (χ3v) is 2.55. The van der Waals surface area contributed by atoms with Gasteiger partial charge in [0.25, 0.3) is 0 Å². The Morgan fingerprint density at radius 1 is 1.31 bits per heavy atom. The van der Waals surface area contributed by atoms with Crippen molar-refractivity contribution in [1.29, 1.82) is 0 Å². The molecule has 0 fully saturated rings. The quantitative estimate of drug-likeness (QED) is 0.791. The molecule has 3 nitrogen and oxygen atoms in total. The average Bonchev–Trinajstić information content (AvgIpc) is 2.67. The summed E-state index contributed by atoms with van der Waals surface area (Å²) < 4.78 is 0. The number of nitrogens with zero attached hydrogens (tertiary/aromatic N) is 2. The van der Waals surface area contributed by atoms with E-state index in [9.17, 15) is 0 Å². The molecule has 4 heteroatoms. The first-order chi connectivity index (χ1) is 6.40. The summed E-state index contributed by atoms with van der Waals surface area (Å²) in [5.41, 5.74) is 2.10. The number of aromatic nitrogens is 2. The van der Waals surface area contributed by atoms with Gasteiger partial charge in [0.1, 0.15) is 0 Å². The summed E-state index contributed by atoms with van der Waals surface area (Å²) in [6, 6.07) is 3.91. The second kappa shape index (κ2) is 3.53. The lowest BCUT2D eigenvalue weighted by Crippen LogP contribution is -1.85. The van der Waals surface area contributed by atoms with E-state index in [2.05, 4.69) is 15.3 Å². The van der Waals surface area contributed by atoms with E-state index >= 15 is 0 Å². The van der Waals surface area contributed by atoms with Gasteiger partial charge in [-0.25, -0.2) is 4.98 Å². The number of thiazole rings is 1. The van der Waals surface area contributed by atoms with E-state index in [1.807, 2.05) is 24.6 Å². The molecule has 0 aliphatic carbocycles. The van der Waals surface area contributed by atoms with Gasteiger partial charge in [-0.2, -0.15) is 0 Å². The summed E-state index contributed by atoms with van der Waals surface area (Å²) in [7, 11) is 1.87. The molecule has 0 spiro atoms. The third kappa shape index (κ3) is 1.67. The molecule has 2 rings (SSSR count). The molecule has 2 aromatic heterocycles. The molecule has 0 radical (unpaired) electrons. The highest BCUT2D eigenvalue weighted by molar-refractivity contribution is 7.14. The highest BCUT2D eigenvalue weighted by Gasteiger charge is 2.01. The van der Waals surface area contributed by atoms with E-state index in [0.29, 0.717) is 0 Å². The number of anilines is 1. The van der Waals surface area contributed by atoms with Gasteiger partial charge in [0.05, 0.1) is 5.69 Å². The van der Waals surface area contributed by atoms with Gasteiger partial charge >= 0.3 is 0 Å². The maximum atomic E-state index is 4.38. The van der Waals surface area contributed by atoms with Crippen molar-refractivity contribution in [3.05, 3.63) is 29.9 Å². The van der Waals surface area contributed by atoms with Crippen LogP contribution in [0.15, 0.2) is 29.9 Å². The third-order valence-electron chi connectivity index (χ3n) is 1.69. The van der Waals surface area contributed by atoms with Crippen LogP contribution in [0.1, 0.15) is 0 Å². The highest BCUT2D eigenvalue weighted by Crippen LogP contribution is 2.23. The molecule has 0 aliphatic heterocycles. The predicted octanol–water partition coefficient (Wildman–Crippen LogP) is 2.25. The normalized spacial score (nSPS) is 9.92. The lowest BCUT2D eigenvalue weighted by Gasteiger charge is -1.93. The molecule has 2 aromatic rings. The molecule has 66 valence electrons. The largest absolute Gasteiger partial charge is 0.365 e. The van der Waals surface area contributed by atoms with Gasteiger partial charge < -0.3 is 5.32 Å². The first-order valence-corrected chi connectivity index (χ1v) is 4.82. The van der Waals surface area contributed by atoms with Crippen LogP contribution in [-0.2, 0) is 0 Å². The van der Waals surface area contributed by atoms with E-state index in [-0.39, 0.29) is 0 Å². The number of pyridine rings is 1.